The second kappa shape index (κ2) is 8.72. The molecule has 0 saturated carbocycles. The number of benzene rings is 1. The van der Waals surface area contributed by atoms with Gasteiger partial charge in [-0.1, -0.05) is 25.0 Å². The number of methoxy groups -OCH3 is 1. The zero-order valence-electron chi connectivity index (χ0n) is 16.9. The topological polar surface area (TPSA) is 63.0 Å². The molecule has 0 radical (unpaired) electrons. The lowest BCUT2D eigenvalue weighted by molar-refractivity contribution is -0.138. The van der Waals surface area contributed by atoms with Crippen molar-refractivity contribution < 1.29 is 18.7 Å². The summed E-state index contributed by atoms with van der Waals surface area (Å²) in [4.78, 5) is 29.7. The normalized spacial score (nSPS) is 22.6. The molecule has 6 nitrogen and oxygen atoms in total. The Balaban J connectivity index is 1.49. The number of hydrogen-bond acceptors (Lipinski definition) is 4. The van der Waals surface area contributed by atoms with Crippen molar-refractivity contribution in [2.45, 2.75) is 44.7 Å². The van der Waals surface area contributed by atoms with E-state index in [9.17, 15) is 9.59 Å². The predicted molar refractivity (Wildman–Crippen MR) is 108 cm³/mol. The largest absolute Gasteiger partial charge is 0.497 e. The van der Waals surface area contributed by atoms with Crippen LogP contribution in [0.4, 0.5) is 0 Å². The highest BCUT2D eigenvalue weighted by molar-refractivity contribution is 5.89. The summed E-state index contributed by atoms with van der Waals surface area (Å²) in [5.41, 5.74) is 1.14. The molecule has 2 amide bonds. The second-order valence-electron chi connectivity index (χ2n) is 7.92. The zero-order chi connectivity index (χ0) is 20.2. The van der Waals surface area contributed by atoms with Crippen LogP contribution in [0.15, 0.2) is 47.1 Å². The zero-order valence-corrected chi connectivity index (χ0v) is 16.9. The fraction of sp³-hybridized carbons (Fsp3) is 0.478. The average molecular weight is 396 g/mol. The minimum absolute atomic E-state index is 0.0237. The van der Waals surface area contributed by atoms with Crippen LogP contribution in [0.2, 0.25) is 0 Å². The Labute approximate surface area is 171 Å². The van der Waals surface area contributed by atoms with E-state index in [0.29, 0.717) is 13.1 Å². The van der Waals surface area contributed by atoms with Crippen LogP contribution in [-0.2, 0) is 16.1 Å². The summed E-state index contributed by atoms with van der Waals surface area (Å²) in [7, 11) is 1.65. The average Bonchev–Trinajstić information content (AvgIpc) is 3.31. The van der Waals surface area contributed by atoms with Crippen molar-refractivity contribution in [1.29, 1.82) is 0 Å². The number of nitrogens with zero attached hydrogens (tertiary/aromatic N) is 2. The van der Waals surface area contributed by atoms with Gasteiger partial charge in [-0.3, -0.25) is 9.59 Å². The Bertz CT molecular complexity index is 831. The summed E-state index contributed by atoms with van der Waals surface area (Å²) < 4.78 is 10.6. The van der Waals surface area contributed by atoms with Gasteiger partial charge in [0.15, 0.2) is 0 Å². The third kappa shape index (κ3) is 4.31. The Hall–Kier alpha value is -2.76. The van der Waals surface area contributed by atoms with Gasteiger partial charge in [-0.15, -0.1) is 0 Å². The van der Waals surface area contributed by atoms with E-state index in [1.807, 2.05) is 29.2 Å². The quantitative estimate of drug-likeness (QED) is 0.772. The number of hydrogen-bond donors (Lipinski definition) is 0. The molecule has 2 fully saturated rings. The van der Waals surface area contributed by atoms with Crippen LogP contribution < -0.4 is 4.74 Å². The molecule has 29 heavy (non-hydrogen) atoms. The monoisotopic (exact) mass is 396 g/mol. The minimum atomic E-state index is -0.281. The number of likely N-dealkylation sites (tertiary alicyclic amines) is 2. The van der Waals surface area contributed by atoms with Crippen molar-refractivity contribution >= 4 is 11.8 Å². The van der Waals surface area contributed by atoms with Gasteiger partial charge >= 0.3 is 0 Å². The lowest BCUT2D eigenvalue weighted by Gasteiger charge is -2.32. The predicted octanol–water partition coefficient (Wildman–Crippen LogP) is 3.78. The van der Waals surface area contributed by atoms with Crippen LogP contribution in [-0.4, -0.2) is 41.8 Å². The standard InChI is InChI=1S/C23H28N2O4/c1-28-19-10-8-17(9-11-19)21-7-3-2-4-12-25(21)23(27)18-14-22(26)24(15-18)16-20-6-5-13-29-20/h5-6,8-11,13,18,21H,2-4,7,12,14-16H2,1H3. The van der Waals surface area contributed by atoms with Crippen LogP contribution in [0, 0.1) is 5.92 Å². The van der Waals surface area contributed by atoms with Gasteiger partial charge in [0, 0.05) is 19.5 Å². The summed E-state index contributed by atoms with van der Waals surface area (Å²) in [5.74, 6) is 1.41. The molecule has 3 heterocycles. The number of furan rings is 1. The lowest BCUT2D eigenvalue weighted by Crippen LogP contribution is -2.40. The molecule has 2 aliphatic heterocycles. The van der Waals surface area contributed by atoms with E-state index in [4.69, 9.17) is 9.15 Å². The first kappa shape index (κ1) is 19.6. The van der Waals surface area contributed by atoms with Gasteiger partial charge in [0.2, 0.25) is 11.8 Å². The van der Waals surface area contributed by atoms with Gasteiger partial charge in [-0.05, 0) is 42.7 Å². The van der Waals surface area contributed by atoms with E-state index in [-0.39, 0.29) is 30.2 Å². The highest BCUT2D eigenvalue weighted by Crippen LogP contribution is 2.34. The summed E-state index contributed by atoms with van der Waals surface area (Å²) in [5, 5.41) is 0. The highest BCUT2D eigenvalue weighted by atomic mass is 16.5. The highest BCUT2D eigenvalue weighted by Gasteiger charge is 2.39. The number of amides is 2. The molecule has 154 valence electrons. The van der Waals surface area contributed by atoms with Gasteiger partial charge in [0.1, 0.15) is 11.5 Å². The molecule has 4 rings (SSSR count). The number of carbonyl (C=O) groups is 2. The first-order valence-corrected chi connectivity index (χ1v) is 10.4. The molecule has 0 aliphatic carbocycles. The summed E-state index contributed by atoms with van der Waals surface area (Å²) >= 11 is 0. The Morgan fingerprint density at radius 3 is 2.72 bits per heavy atom. The molecule has 0 bridgehead atoms. The van der Waals surface area contributed by atoms with Crippen molar-refractivity contribution in [2.75, 3.05) is 20.2 Å². The minimum Gasteiger partial charge on any atom is -0.497 e. The summed E-state index contributed by atoms with van der Waals surface area (Å²) in [6.07, 6.45) is 6.09. The fourth-order valence-electron chi connectivity index (χ4n) is 4.46. The smallest absolute Gasteiger partial charge is 0.228 e. The number of ether oxygens (including phenoxy) is 1. The molecule has 2 atom stereocenters. The van der Waals surface area contributed by atoms with Crippen LogP contribution in [0.25, 0.3) is 0 Å². The lowest BCUT2D eigenvalue weighted by atomic mass is 9.98. The molecule has 0 N–H and O–H groups in total. The van der Waals surface area contributed by atoms with E-state index < -0.39 is 0 Å². The molecule has 6 heteroatoms. The fourth-order valence-corrected chi connectivity index (χ4v) is 4.46. The van der Waals surface area contributed by atoms with Gasteiger partial charge < -0.3 is 19.0 Å². The van der Waals surface area contributed by atoms with Crippen LogP contribution in [0.3, 0.4) is 0 Å². The van der Waals surface area contributed by atoms with E-state index in [1.54, 1.807) is 18.3 Å². The van der Waals surface area contributed by atoms with Crippen molar-refractivity contribution in [3.8, 4) is 5.75 Å². The molecule has 2 saturated heterocycles. The van der Waals surface area contributed by atoms with Gasteiger partial charge in [0.05, 0.1) is 31.9 Å². The molecule has 1 aromatic heterocycles. The number of carbonyl (C=O) groups excluding carboxylic acids is 2. The summed E-state index contributed by atoms with van der Waals surface area (Å²) in [6.45, 7) is 1.64. The summed E-state index contributed by atoms with van der Waals surface area (Å²) in [6, 6.07) is 11.7. The molecular formula is C23H28N2O4. The molecule has 2 aromatic rings. The molecule has 1 aromatic carbocycles. The van der Waals surface area contributed by atoms with Gasteiger partial charge in [0.25, 0.3) is 0 Å². The Morgan fingerprint density at radius 2 is 2.00 bits per heavy atom. The van der Waals surface area contributed by atoms with Gasteiger partial charge in [-0.2, -0.15) is 0 Å². The van der Waals surface area contributed by atoms with Crippen molar-refractivity contribution in [3.63, 3.8) is 0 Å². The van der Waals surface area contributed by atoms with E-state index in [0.717, 1.165) is 49.3 Å². The van der Waals surface area contributed by atoms with E-state index in [2.05, 4.69) is 12.1 Å². The van der Waals surface area contributed by atoms with E-state index >= 15 is 0 Å². The van der Waals surface area contributed by atoms with Crippen LogP contribution in [0.1, 0.15) is 49.5 Å². The van der Waals surface area contributed by atoms with Crippen molar-refractivity contribution in [2.24, 2.45) is 5.92 Å². The van der Waals surface area contributed by atoms with Crippen LogP contribution >= 0.6 is 0 Å². The van der Waals surface area contributed by atoms with Crippen LogP contribution in [0.5, 0.6) is 5.75 Å². The molecule has 2 unspecified atom stereocenters. The Morgan fingerprint density at radius 1 is 1.17 bits per heavy atom. The maximum absolute atomic E-state index is 13.5. The Kier molecular flexibility index (Phi) is 5.88. The van der Waals surface area contributed by atoms with Gasteiger partial charge in [-0.25, -0.2) is 0 Å². The van der Waals surface area contributed by atoms with Crippen molar-refractivity contribution in [1.82, 2.24) is 9.80 Å². The molecule has 2 aliphatic rings. The van der Waals surface area contributed by atoms with Crippen molar-refractivity contribution in [3.05, 3.63) is 54.0 Å². The number of rotatable bonds is 5. The third-order valence-electron chi connectivity index (χ3n) is 6.03. The molecular weight excluding hydrogens is 368 g/mol. The second-order valence-corrected chi connectivity index (χ2v) is 7.92. The first-order valence-electron chi connectivity index (χ1n) is 10.4. The maximum atomic E-state index is 13.5. The third-order valence-corrected chi connectivity index (χ3v) is 6.03. The first-order chi connectivity index (χ1) is 14.2. The van der Waals surface area contributed by atoms with E-state index in [1.165, 1.54) is 0 Å². The SMILES string of the molecule is COc1ccc(C2CCCCCN2C(=O)C2CC(=O)N(Cc3ccco3)C2)cc1. The molecule has 0 spiro atoms. The maximum Gasteiger partial charge on any atom is 0.228 e.